The van der Waals surface area contributed by atoms with E-state index in [-0.39, 0.29) is 0 Å². The van der Waals surface area contributed by atoms with Crippen molar-refractivity contribution in [3.63, 3.8) is 0 Å². The summed E-state index contributed by atoms with van der Waals surface area (Å²) in [5, 5.41) is 3.20. The maximum Gasteiger partial charge on any atom is 0.461 e. The minimum absolute atomic E-state index is 0.592. The molecule has 0 aliphatic carbocycles. The molecule has 0 aromatic heterocycles. The summed E-state index contributed by atoms with van der Waals surface area (Å²) in [6.07, 6.45) is -9.25. The van der Waals surface area contributed by atoms with Crippen molar-refractivity contribution in [3.05, 3.63) is 59.4 Å². The number of alkyl halides is 4. The molecule has 2 aromatic carbocycles. The minimum Gasteiger partial charge on any atom is -0.425 e. The molecule has 0 spiro atoms. The van der Waals surface area contributed by atoms with E-state index in [4.69, 9.17) is 0 Å². The fourth-order valence-electron chi connectivity index (χ4n) is 1.91. The quantitative estimate of drug-likeness (QED) is 0.723. The van der Waals surface area contributed by atoms with E-state index >= 15 is 0 Å². The third-order valence-corrected chi connectivity index (χ3v) is 3.13. The lowest BCUT2D eigenvalue weighted by Gasteiger charge is -2.18. The molecule has 2 rings (SSSR count). The fourth-order valence-corrected chi connectivity index (χ4v) is 1.91. The lowest BCUT2D eigenvalue weighted by molar-refractivity contribution is -0.254. The van der Waals surface area contributed by atoms with Crippen LogP contribution in [0.3, 0.4) is 0 Å². The molecule has 2 N–H and O–H groups in total. The number of benzene rings is 2. The van der Waals surface area contributed by atoms with Crippen LogP contribution in [0.25, 0.3) is 0 Å². The molecule has 0 aliphatic heterocycles. The Kier molecular flexibility index (Phi) is 6.11. The standard InChI is InChI=1S/C16H9F7N2O3/c17-7-3-1-4-8(18)11(7)13(26)25-15(27)24-9-5-2-6-10(12(9)19)28-16(22,23)14(20)21/h1-6,14H,(H2,24,25,26,27). The number of imide groups is 1. The van der Waals surface area contributed by atoms with Crippen molar-refractivity contribution in [1.82, 2.24) is 5.32 Å². The number of nitrogens with one attached hydrogen (secondary N) is 2. The van der Waals surface area contributed by atoms with E-state index in [0.29, 0.717) is 6.07 Å². The zero-order chi connectivity index (χ0) is 21.1. The van der Waals surface area contributed by atoms with Gasteiger partial charge in [0, 0.05) is 0 Å². The summed E-state index contributed by atoms with van der Waals surface area (Å²) in [5.74, 6) is -7.02. The molecule has 150 valence electrons. The smallest absolute Gasteiger partial charge is 0.425 e. The molecule has 0 unspecified atom stereocenters. The number of hydrogen-bond donors (Lipinski definition) is 2. The van der Waals surface area contributed by atoms with Crippen LogP contribution in [0.5, 0.6) is 5.75 Å². The van der Waals surface area contributed by atoms with Crippen molar-refractivity contribution in [3.8, 4) is 5.75 Å². The lowest BCUT2D eigenvalue weighted by Crippen LogP contribution is -2.36. The third kappa shape index (κ3) is 4.69. The van der Waals surface area contributed by atoms with Gasteiger partial charge < -0.3 is 10.1 Å². The van der Waals surface area contributed by atoms with Gasteiger partial charge in [-0.1, -0.05) is 12.1 Å². The summed E-state index contributed by atoms with van der Waals surface area (Å²) >= 11 is 0. The van der Waals surface area contributed by atoms with E-state index in [1.165, 1.54) is 5.32 Å². The molecule has 28 heavy (non-hydrogen) atoms. The first kappa shape index (κ1) is 21.0. The topological polar surface area (TPSA) is 67.4 Å². The summed E-state index contributed by atoms with van der Waals surface area (Å²) in [4.78, 5) is 23.5. The van der Waals surface area contributed by atoms with Crippen LogP contribution in [0.1, 0.15) is 10.4 Å². The fraction of sp³-hybridized carbons (Fsp3) is 0.125. The predicted molar refractivity (Wildman–Crippen MR) is 80.8 cm³/mol. The van der Waals surface area contributed by atoms with Crippen LogP contribution in [-0.2, 0) is 0 Å². The summed E-state index contributed by atoms with van der Waals surface area (Å²) in [6, 6.07) is 3.29. The first-order valence-corrected chi connectivity index (χ1v) is 7.22. The highest BCUT2D eigenvalue weighted by molar-refractivity contribution is 6.08. The molecule has 0 atom stereocenters. The van der Waals surface area contributed by atoms with Gasteiger partial charge in [-0.05, 0) is 24.3 Å². The molecule has 5 nitrogen and oxygen atoms in total. The molecule has 0 bridgehead atoms. The summed E-state index contributed by atoms with van der Waals surface area (Å²) in [5.41, 5.74) is -1.92. The molecule has 0 radical (unpaired) electrons. The Bertz CT molecular complexity index is 886. The Balaban J connectivity index is 2.14. The van der Waals surface area contributed by atoms with E-state index in [0.717, 1.165) is 30.3 Å². The van der Waals surface area contributed by atoms with Gasteiger partial charge >= 0.3 is 18.6 Å². The van der Waals surface area contributed by atoms with Gasteiger partial charge in [-0.25, -0.2) is 18.0 Å². The van der Waals surface area contributed by atoms with E-state index < -0.39 is 58.9 Å². The highest BCUT2D eigenvalue weighted by Crippen LogP contribution is 2.32. The Morgan fingerprint density at radius 2 is 1.54 bits per heavy atom. The summed E-state index contributed by atoms with van der Waals surface area (Å²) in [6.45, 7) is 0. The second-order valence-electron chi connectivity index (χ2n) is 5.09. The number of urea groups is 1. The number of rotatable bonds is 5. The van der Waals surface area contributed by atoms with Crippen molar-refractivity contribution in [2.24, 2.45) is 0 Å². The lowest BCUT2D eigenvalue weighted by atomic mass is 10.2. The van der Waals surface area contributed by atoms with Crippen LogP contribution in [0, 0.1) is 17.5 Å². The summed E-state index contributed by atoms with van der Waals surface area (Å²) < 4.78 is 94.7. The van der Waals surface area contributed by atoms with Crippen molar-refractivity contribution in [2.45, 2.75) is 12.5 Å². The zero-order valence-electron chi connectivity index (χ0n) is 13.4. The summed E-state index contributed by atoms with van der Waals surface area (Å²) in [7, 11) is 0. The largest absolute Gasteiger partial charge is 0.461 e. The van der Waals surface area contributed by atoms with Crippen molar-refractivity contribution >= 4 is 17.6 Å². The van der Waals surface area contributed by atoms with Crippen molar-refractivity contribution in [2.75, 3.05) is 5.32 Å². The Morgan fingerprint density at radius 3 is 2.11 bits per heavy atom. The molecule has 0 saturated carbocycles. The van der Waals surface area contributed by atoms with E-state index in [1.807, 2.05) is 0 Å². The van der Waals surface area contributed by atoms with Crippen LogP contribution < -0.4 is 15.4 Å². The van der Waals surface area contributed by atoms with Gasteiger partial charge in [0.15, 0.2) is 11.6 Å². The number of carbonyl (C=O) groups is 2. The van der Waals surface area contributed by atoms with Gasteiger partial charge in [-0.15, -0.1) is 0 Å². The minimum atomic E-state index is -5.00. The first-order chi connectivity index (χ1) is 13.0. The molecular weight excluding hydrogens is 401 g/mol. The number of anilines is 1. The second kappa shape index (κ2) is 8.15. The van der Waals surface area contributed by atoms with Gasteiger partial charge in [-0.3, -0.25) is 10.1 Å². The third-order valence-electron chi connectivity index (χ3n) is 3.13. The highest BCUT2D eigenvalue weighted by atomic mass is 19.3. The Morgan fingerprint density at radius 1 is 0.964 bits per heavy atom. The second-order valence-corrected chi connectivity index (χ2v) is 5.09. The van der Waals surface area contributed by atoms with Gasteiger partial charge in [-0.2, -0.15) is 17.6 Å². The Labute approximate surface area is 152 Å². The molecule has 0 heterocycles. The molecule has 0 aliphatic rings. The van der Waals surface area contributed by atoms with E-state index in [2.05, 4.69) is 4.74 Å². The van der Waals surface area contributed by atoms with Crippen LogP contribution >= 0.6 is 0 Å². The average molecular weight is 410 g/mol. The van der Waals surface area contributed by atoms with Gasteiger partial charge in [0.05, 0.1) is 5.69 Å². The molecule has 2 aromatic rings. The maximum absolute atomic E-state index is 14.1. The van der Waals surface area contributed by atoms with E-state index in [1.54, 1.807) is 5.32 Å². The normalized spacial score (nSPS) is 11.3. The maximum atomic E-state index is 14.1. The predicted octanol–water partition coefficient (Wildman–Crippen LogP) is 4.30. The van der Waals surface area contributed by atoms with Crippen LogP contribution in [0.15, 0.2) is 36.4 Å². The van der Waals surface area contributed by atoms with Gasteiger partial charge in [0.25, 0.3) is 5.91 Å². The number of carbonyl (C=O) groups excluding carboxylic acids is 2. The zero-order valence-corrected chi connectivity index (χ0v) is 13.4. The first-order valence-electron chi connectivity index (χ1n) is 7.22. The molecule has 3 amide bonds. The SMILES string of the molecule is O=C(NC(=O)c1c(F)cccc1F)Nc1cccc(OC(F)(F)C(F)F)c1F. The Hall–Kier alpha value is -3.31. The number of amides is 3. The molecule has 12 heteroatoms. The van der Waals surface area contributed by atoms with Gasteiger partial charge in [0.1, 0.15) is 17.2 Å². The molecule has 0 fully saturated rings. The molecular formula is C16H9F7N2O3. The van der Waals surface area contributed by atoms with E-state index in [9.17, 15) is 40.3 Å². The average Bonchev–Trinajstić information content (AvgIpc) is 2.58. The highest BCUT2D eigenvalue weighted by Gasteiger charge is 2.44. The van der Waals surface area contributed by atoms with Crippen LogP contribution in [-0.4, -0.2) is 24.5 Å². The number of halogens is 7. The molecule has 0 saturated heterocycles. The van der Waals surface area contributed by atoms with Gasteiger partial charge in [0.2, 0.25) is 0 Å². The number of hydrogen-bond acceptors (Lipinski definition) is 3. The monoisotopic (exact) mass is 410 g/mol. The van der Waals surface area contributed by atoms with Crippen molar-refractivity contribution in [1.29, 1.82) is 0 Å². The van der Waals surface area contributed by atoms with Crippen LogP contribution in [0.4, 0.5) is 41.2 Å². The number of ether oxygens (including phenoxy) is 1. The van der Waals surface area contributed by atoms with Crippen molar-refractivity contribution < 1.29 is 45.1 Å². The van der Waals surface area contributed by atoms with Crippen LogP contribution in [0.2, 0.25) is 0 Å².